The van der Waals surface area contributed by atoms with Gasteiger partial charge in [0.2, 0.25) is 5.78 Å². The van der Waals surface area contributed by atoms with Crippen molar-refractivity contribution in [2.45, 2.75) is 25.4 Å². The Labute approximate surface area is 149 Å². The fraction of sp³-hybridized carbons (Fsp3) is 0.250. The van der Waals surface area contributed by atoms with E-state index in [2.05, 4.69) is 0 Å². The van der Waals surface area contributed by atoms with Crippen LogP contribution in [0.3, 0.4) is 0 Å². The van der Waals surface area contributed by atoms with Gasteiger partial charge in [0.15, 0.2) is 11.6 Å². The monoisotopic (exact) mass is 352 g/mol. The van der Waals surface area contributed by atoms with Gasteiger partial charge in [-0.15, -0.1) is 0 Å². The van der Waals surface area contributed by atoms with Crippen molar-refractivity contribution in [2.24, 2.45) is 0 Å². The second-order valence-electron chi connectivity index (χ2n) is 6.99. The van der Waals surface area contributed by atoms with Gasteiger partial charge in [-0.1, -0.05) is 12.1 Å². The predicted molar refractivity (Wildman–Crippen MR) is 91.2 cm³/mol. The van der Waals surface area contributed by atoms with E-state index in [0.29, 0.717) is 5.56 Å². The molecular weight excluding hydrogens is 336 g/mol. The normalized spacial score (nSPS) is 21.1. The second-order valence-corrected chi connectivity index (χ2v) is 6.99. The van der Waals surface area contributed by atoms with Crippen molar-refractivity contribution in [3.63, 3.8) is 0 Å². The van der Waals surface area contributed by atoms with Crippen LogP contribution in [0.2, 0.25) is 0 Å². The number of benzene rings is 2. The van der Waals surface area contributed by atoms with Crippen molar-refractivity contribution in [2.75, 3.05) is 7.11 Å². The van der Waals surface area contributed by atoms with Crippen LogP contribution in [-0.2, 0) is 6.42 Å². The number of carbonyl (C=O) groups is 3. The minimum Gasteiger partial charge on any atom is -0.507 e. The molecule has 0 spiro atoms. The Kier molecular flexibility index (Phi) is 3.33. The van der Waals surface area contributed by atoms with Crippen LogP contribution in [0.5, 0.6) is 11.5 Å². The van der Waals surface area contributed by atoms with E-state index in [4.69, 9.17) is 4.74 Å². The molecule has 0 aromatic heterocycles. The van der Waals surface area contributed by atoms with Gasteiger partial charge in [-0.05, 0) is 24.6 Å². The van der Waals surface area contributed by atoms with Crippen LogP contribution in [0, 0.1) is 0 Å². The number of ether oxygens (including phenoxy) is 1. The predicted octanol–water partition coefficient (Wildman–Crippen LogP) is 2.06. The number of carbonyl (C=O) groups excluding carboxylic acids is 3. The number of aromatic hydroxyl groups is 1. The molecule has 0 aliphatic heterocycles. The van der Waals surface area contributed by atoms with Crippen LogP contribution in [0.4, 0.5) is 0 Å². The van der Waals surface area contributed by atoms with Gasteiger partial charge in [-0.2, -0.15) is 0 Å². The van der Waals surface area contributed by atoms with Gasteiger partial charge in [0, 0.05) is 29.5 Å². The molecule has 0 heterocycles. The number of hydrogen-bond donors (Lipinski definition) is 2. The average molecular weight is 352 g/mol. The number of Topliss-reactive ketones (excluding diaryl/α,β-unsaturated/α-hetero) is 1. The van der Waals surface area contributed by atoms with E-state index in [1.807, 2.05) is 0 Å². The largest absolute Gasteiger partial charge is 0.507 e. The summed E-state index contributed by atoms with van der Waals surface area (Å²) in [5.74, 6) is -1.62. The van der Waals surface area contributed by atoms with E-state index in [1.54, 1.807) is 12.1 Å². The standard InChI is InChI=1S/C20H16O6/c1-20(25)7-9-6-11(21)16-17(14(9)12(22)8-20)18(23)10-4-3-5-13(26-2)15(10)19(16)24/h3-6,21,25H,7-8H2,1-2H3/t20-/m1/s1. The molecule has 0 saturated carbocycles. The molecule has 2 N–H and O–H groups in total. The Morgan fingerprint density at radius 1 is 1.00 bits per heavy atom. The zero-order valence-corrected chi connectivity index (χ0v) is 14.3. The number of fused-ring (bicyclic) bond motifs is 4. The zero-order chi connectivity index (χ0) is 18.8. The molecule has 26 heavy (non-hydrogen) atoms. The summed E-state index contributed by atoms with van der Waals surface area (Å²) < 4.78 is 5.19. The lowest BCUT2D eigenvalue weighted by Gasteiger charge is -2.32. The Balaban J connectivity index is 2.05. The summed E-state index contributed by atoms with van der Waals surface area (Å²) in [7, 11) is 1.39. The SMILES string of the molecule is COc1cccc2c1C(=O)c1c(O)cc3c(c1C2=O)C(=O)C[C@](C)(O)C3. The van der Waals surface area contributed by atoms with Gasteiger partial charge in [0.25, 0.3) is 0 Å². The first-order valence-corrected chi connectivity index (χ1v) is 8.16. The van der Waals surface area contributed by atoms with Crippen molar-refractivity contribution in [1.82, 2.24) is 0 Å². The molecule has 132 valence electrons. The highest BCUT2D eigenvalue weighted by Gasteiger charge is 2.42. The third-order valence-electron chi connectivity index (χ3n) is 4.95. The molecule has 0 amide bonds. The van der Waals surface area contributed by atoms with E-state index >= 15 is 0 Å². The van der Waals surface area contributed by atoms with Crippen molar-refractivity contribution >= 4 is 17.3 Å². The topological polar surface area (TPSA) is 101 Å². The Bertz CT molecular complexity index is 1020. The van der Waals surface area contributed by atoms with Crippen LogP contribution in [-0.4, -0.2) is 40.3 Å². The number of phenolic OH excluding ortho intramolecular Hbond substituents is 1. The molecule has 2 aromatic rings. The summed E-state index contributed by atoms with van der Waals surface area (Å²) in [4.78, 5) is 38.8. The van der Waals surface area contributed by atoms with E-state index < -0.39 is 23.0 Å². The van der Waals surface area contributed by atoms with E-state index in [9.17, 15) is 24.6 Å². The third kappa shape index (κ3) is 2.12. The summed E-state index contributed by atoms with van der Waals surface area (Å²) in [6, 6.07) is 5.95. The van der Waals surface area contributed by atoms with Crippen LogP contribution >= 0.6 is 0 Å². The highest BCUT2D eigenvalue weighted by Crippen LogP contribution is 2.42. The summed E-state index contributed by atoms with van der Waals surface area (Å²) in [5.41, 5.74) is -0.802. The summed E-state index contributed by atoms with van der Waals surface area (Å²) in [6.45, 7) is 1.53. The molecule has 0 radical (unpaired) electrons. The molecule has 2 aliphatic carbocycles. The number of ketones is 3. The van der Waals surface area contributed by atoms with Crippen molar-refractivity contribution < 1.29 is 29.3 Å². The van der Waals surface area contributed by atoms with Gasteiger partial charge in [-0.3, -0.25) is 14.4 Å². The minimum absolute atomic E-state index is 0.0775. The summed E-state index contributed by atoms with van der Waals surface area (Å²) in [5, 5.41) is 20.7. The molecular formula is C20H16O6. The summed E-state index contributed by atoms with van der Waals surface area (Å²) >= 11 is 0. The molecule has 1 atom stereocenters. The Morgan fingerprint density at radius 2 is 1.73 bits per heavy atom. The number of aliphatic hydroxyl groups is 1. The third-order valence-corrected chi connectivity index (χ3v) is 4.95. The Hall–Kier alpha value is -2.99. The fourth-order valence-corrected chi connectivity index (χ4v) is 3.93. The highest BCUT2D eigenvalue weighted by molar-refractivity contribution is 6.32. The maximum absolute atomic E-state index is 13.1. The van der Waals surface area contributed by atoms with Gasteiger partial charge in [-0.25, -0.2) is 0 Å². The first kappa shape index (κ1) is 16.5. The van der Waals surface area contributed by atoms with Gasteiger partial charge < -0.3 is 14.9 Å². The van der Waals surface area contributed by atoms with Crippen LogP contribution in [0.25, 0.3) is 0 Å². The van der Waals surface area contributed by atoms with Crippen molar-refractivity contribution in [3.8, 4) is 11.5 Å². The lowest BCUT2D eigenvalue weighted by atomic mass is 9.73. The van der Waals surface area contributed by atoms with Crippen molar-refractivity contribution in [1.29, 1.82) is 0 Å². The zero-order valence-electron chi connectivity index (χ0n) is 14.3. The minimum atomic E-state index is -1.26. The quantitative estimate of drug-likeness (QED) is 0.695. The van der Waals surface area contributed by atoms with Crippen LogP contribution in [0.1, 0.15) is 61.1 Å². The van der Waals surface area contributed by atoms with Crippen LogP contribution in [0.15, 0.2) is 24.3 Å². The van der Waals surface area contributed by atoms with Gasteiger partial charge in [0.1, 0.15) is 11.5 Å². The molecule has 0 saturated heterocycles. The second kappa shape index (κ2) is 5.25. The van der Waals surface area contributed by atoms with Gasteiger partial charge >= 0.3 is 0 Å². The lowest BCUT2D eigenvalue weighted by Crippen LogP contribution is -2.37. The number of methoxy groups -OCH3 is 1. The maximum Gasteiger partial charge on any atom is 0.202 e. The maximum atomic E-state index is 13.1. The van der Waals surface area contributed by atoms with Crippen LogP contribution < -0.4 is 4.74 Å². The molecule has 0 fully saturated rings. The van der Waals surface area contributed by atoms with E-state index in [-0.39, 0.29) is 52.2 Å². The first-order valence-electron chi connectivity index (χ1n) is 8.16. The first-order chi connectivity index (χ1) is 12.2. The molecule has 6 heteroatoms. The van der Waals surface area contributed by atoms with Crippen molar-refractivity contribution in [3.05, 3.63) is 57.6 Å². The number of rotatable bonds is 1. The molecule has 0 unspecified atom stereocenters. The average Bonchev–Trinajstić information content (AvgIpc) is 2.56. The molecule has 2 aromatic carbocycles. The smallest absolute Gasteiger partial charge is 0.202 e. The molecule has 4 rings (SSSR count). The van der Waals surface area contributed by atoms with Gasteiger partial charge in [0.05, 0.1) is 23.8 Å². The summed E-state index contributed by atoms with van der Waals surface area (Å²) in [6.07, 6.45) is -0.0367. The molecule has 0 bridgehead atoms. The Morgan fingerprint density at radius 3 is 2.42 bits per heavy atom. The van der Waals surface area contributed by atoms with E-state index in [1.165, 1.54) is 26.2 Å². The highest BCUT2D eigenvalue weighted by atomic mass is 16.5. The number of hydrogen-bond acceptors (Lipinski definition) is 6. The lowest BCUT2D eigenvalue weighted by molar-refractivity contribution is 0.0409. The fourth-order valence-electron chi connectivity index (χ4n) is 3.93. The molecule has 6 nitrogen and oxygen atoms in total. The number of phenols is 1. The molecule has 2 aliphatic rings. The van der Waals surface area contributed by atoms with E-state index in [0.717, 1.165) is 0 Å².